The minimum absolute atomic E-state index is 0.0539. The molecule has 32 heavy (non-hydrogen) atoms. The average Bonchev–Trinajstić information content (AvgIpc) is 3.51. The highest BCUT2D eigenvalue weighted by atomic mass is 32.2. The van der Waals surface area contributed by atoms with E-state index in [1.54, 1.807) is 28.0 Å². The van der Waals surface area contributed by atoms with Gasteiger partial charge in [0.05, 0.1) is 26.2 Å². The molecule has 0 saturated carbocycles. The van der Waals surface area contributed by atoms with E-state index in [4.69, 9.17) is 0 Å². The van der Waals surface area contributed by atoms with E-state index in [1.807, 2.05) is 54.6 Å². The summed E-state index contributed by atoms with van der Waals surface area (Å²) >= 11 is 1.24. The van der Waals surface area contributed by atoms with Crippen molar-refractivity contribution in [3.8, 4) is 0 Å². The molecule has 2 N–H and O–H groups in total. The minimum atomic E-state index is -3.48. The van der Waals surface area contributed by atoms with Crippen LogP contribution >= 0.6 is 11.3 Å². The second kappa shape index (κ2) is 8.63. The Morgan fingerprint density at radius 2 is 1.69 bits per heavy atom. The number of aromatic amines is 1. The number of H-pyrrole nitrogens is 1. The molecule has 0 unspecified atom stereocenters. The number of thiophene rings is 1. The first kappa shape index (κ1) is 21.1. The summed E-state index contributed by atoms with van der Waals surface area (Å²) in [5.74, 6) is 0.0539. The number of quaternary nitrogens is 1. The van der Waals surface area contributed by atoms with E-state index in [0.717, 1.165) is 21.4 Å². The van der Waals surface area contributed by atoms with Gasteiger partial charge in [-0.05, 0) is 17.5 Å². The lowest BCUT2D eigenvalue weighted by Crippen LogP contribution is -3.15. The van der Waals surface area contributed by atoms with Crippen LogP contribution in [0.1, 0.15) is 22.0 Å². The van der Waals surface area contributed by atoms with Gasteiger partial charge in [-0.3, -0.25) is 4.79 Å². The molecule has 1 atom stereocenters. The van der Waals surface area contributed by atoms with E-state index in [2.05, 4.69) is 4.98 Å². The molecule has 6 nitrogen and oxygen atoms in total. The molecule has 1 aliphatic rings. The Balaban J connectivity index is 1.43. The van der Waals surface area contributed by atoms with Crippen LogP contribution in [0, 0.1) is 0 Å². The predicted octanol–water partition coefficient (Wildman–Crippen LogP) is 2.74. The molecule has 0 amide bonds. The fourth-order valence-corrected chi connectivity index (χ4v) is 7.07. The van der Waals surface area contributed by atoms with Crippen LogP contribution < -0.4 is 4.90 Å². The molecule has 0 aliphatic carbocycles. The van der Waals surface area contributed by atoms with E-state index in [-0.39, 0.29) is 11.8 Å². The fraction of sp³-hybridized carbons (Fsp3) is 0.208. The van der Waals surface area contributed by atoms with Gasteiger partial charge in [-0.1, -0.05) is 54.6 Å². The third-order valence-corrected chi connectivity index (χ3v) is 9.38. The molecule has 0 bridgehead atoms. The topological polar surface area (TPSA) is 74.7 Å². The quantitative estimate of drug-likeness (QED) is 0.429. The molecule has 8 heteroatoms. The van der Waals surface area contributed by atoms with Crippen LogP contribution in [-0.4, -0.2) is 49.7 Å². The summed E-state index contributed by atoms with van der Waals surface area (Å²) in [5, 5.41) is 2.69. The van der Waals surface area contributed by atoms with Crippen molar-refractivity contribution >= 4 is 38.0 Å². The van der Waals surface area contributed by atoms with Gasteiger partial charge in [0.1, 0.15) is 4.21 Å². The first-order valence-corrected chi connectivity index (χ1v) is 12.9. The molecule has 164 valence electrons. The summed E-state index contributed by atoms with van der Waals surface area (Å²) in [6, 6.07) is 20.6. The largest absolute Gasteiger partial charge is 0.360 e. The Kier molecular flexibility index (Phi) is 5.69. The van der Waals surface area contributed by atoms with Crippen LogP contribution in [0.25, 0.3) is 10.9 Å². The van der Waals surface area contributed by atoms with Crippen LogP contribution in [-0.2, 0) is 10.0 Å². The molecular formula is C24H24N3O3S2+. The molecule has 4 aromatic rings. The van der Waals surface area contributed by atoms with Gasteiger partial charge in [-0.2, -0.15) is 4.31 Å². The molecular weight excluding hydrogens is 442 g/mol. The summed E-state index contributed by atoms with van der Waals surface area (Å²) in [4.78, 5) is 18.1. The van der Waals surface area contributed by atoms with Gasteiger partial charge in [0, 0.05) is 28.2 Å². The highest BCUT2D eigenvalue weighted by molar-refractivity contribution is 7.91. The van der Waals surface area contributed by atoms with E-state index in [9.17, 15) is 13.2 Å². The normalized spacial score (nSPS) is 16.9. The molecule has 2 aromatic heterocycles. The van der Waals surface area contributed by atoms with Gasteiger partial charge < -0.3 is 9.88 Å². The molecule has 3 heterocycles. The average molecular weight is 467 g/mol. The zero-order valence-electron chi connectivity index (χ0n) is 17.4. The monoisotopic (exact) mass is 466 g/mol. The Bertz CT molecular complexity index is 1320. The number of piperazine rings is 1. The van der Waals surface area contributed by atoms with Crippen LogP contribution in [0.15, 0.2) is 82.5 Å². The lowest BCUT2D eigenvalue weighted by atomic mass is 9.95. The molecule has 5 rings (SSSR count). The number of benzene rings is 2. The number of carbonyl (C=O) groups is 1. The van der Waals surface area contributed by atoms with Crippen LogP contribution in [0.2, 0.25) is 0 Å². The number of nitrogens with zero attached hydrogens (tertiary/aromatic N) is 1. The number of Topliss-reactive ketones (excluding diaryl/α,β-unsaturated/α-hetero) is 1. The number of hydrogen-bond donors (Lipinski definition) is 2. The SMILES string of the molecule is O=C(c1c[nH]c2ccccc12)[C@H](c1ccccc1)[NH+]1CCN(S(=O)(=O)c2cccs2)CC1. The number of aromatic nitrogens is 1. The summed E-state index contributed by atoms with van der Waals surface area (Å²) in [6.45, 7) is 1.91. The standard InChI is InChI=1S/C24H23N3O3S2/c28-24(20-17-25-21-10-5-4-9-19(20)21)23(18-7-2-1-3-8-18)26-12-14-27(15-13-26)32(29,30)22-11-6-16-31-22/h1-11,16-17,23,25H,12-15H2/p+1/t23-/m0/s1. The van der Waals surface area contributed by atoms with Crippen molar-refractivity contribution in [1.82, 2.24) is 9.29 Å². The van der Waals surface area contributed by atoms with Gasteiger partial charge in [-0.25, -0.2) is 8.42 Å². The van der Waals surface area contributed by atoms with Crippen molar-refractivity contribution in [3.63, 3.8) is 0 Å². The maximum absolute atomic E-state index is 13.8. The van der Waals surface area contributed by atoms with Crippen LogP contribution in [0.5, 0.6) is 0 Å². The number of para-hydroxylation sites is 1. The molecule has 2 aromatic carbocycles. The first-order chi connectivity index (χ1) is 15.6. The number of rotatable bonds is 6. The molecule has 0 spiro atoms. The smallest absolute Gasteiger partial charge is 0.252 e. The van der Waals surface area contributed by atoms with Crippen LogP contribution in [0.3, 0.4) is 0 Å². The molecule has 1 fully saturated rings. The van der Waals surface area contributed by atoms with Crippen LogP contribution in [0.4, 0.5) is 0 Å². The van der Waals surface area contributed by atoms with Crippen molar-refractivity contribution in [2.24, 2.45) is 0 Å². The van der Waals surface area contributed by atoms with E-state index < -0.39 is 10.0 Å². The highest BCUT2D eigenvalue weighted by Gasteiger charge is 2.38. The Morgan fingerprint density at radius 1 is 0.969 bits per heavy atom. The lowest BCUT2D eigenvalue weighted by Gasteiger charge is -2.35. The van der Waals surface area contributed by atoms with Crippen molar-refractivity contribution < 1.29 is 18.1 Å². The summed E-state index contributed by atoms with van der Waals surface area (Å²) in [6.07, 6.45) is 1.79. The number of nitrogens with one attached hydrogen (secondary N) is 2. The maximum atomic E-state index is 13.8. The van der Waals surface area contributed by atoms with Crippen molar-refractivity contribution in [2.75, 3.05) is 26.2 Å². The zero-order chi connectivity index (χ0) is 22.1. The number of fused-ring (bicyclic) bond motifs is 1. The number of sulfonamides is 1. The van der Waals surface area contributed by atoms with Gasteiger partial charge in [0.2, 0.25) is 5.78 Å². The van der Waals surface area contributed by atoms with Crippen molar-refractivity contribution in [3.05, 3.63) is 89.4 Å². The molecule has 1 aliphatic heterocycles. The van der Waals surface area contributed by atoms with Crippen molar-refractivity contribution in [2.45, 2.75) is 10.3 Å². The molecule has 1 saturated heterocycles. The maximum Gasteiger partial charge on any atom is 0.252 e. The van der Waals surface area contributed by atoms with E-state index in [0.29, 0.717) is 36.0 Å². The number of hydrogen-bond acceptors (Lipinski definition) is 4. The number of carbonyl (C=O) groups excluding carboxylic acids is 1. The van der Waals surface area contributed by atoms with Gasteiger partial charge in [-0.15, -0.1) is 11.3 Å². The van der Waals surface area contributed by atoms with E-state index in [1.165, 1.54) is 11.3 Å². The second-order valence-corrected chi connectivity index (χ2v) is 11.1. The lowest BCUT2D eigenvalue weighted by molar-refractivity contribution is -0.924. The summed E-state index contributed by atoms with van der Waals surface area (Å²) in [7, 11) is -3.48. The Labute approximate surface area is 191 Å². The fourth-order valence-electron chi connectivity index (χ4n) is 4.49. The van der Waals surface area contributed by atoms with Gasteiger partial charge in [0.15, 0.2) is 6.04 Å². The minimum Gasteiger partial charge on any atom is -0.360 e. The van der Waals surface area contributed by atoms with Gasteiger partial charge >= 0.3 is 0 Å². The van der Waals surface area contributed by atoms with Gasteiger partial charge in [0.25, 0.3) is 10.0 Å². The number of ketones is 1. The Morgan fingerprint density at radius 3 is 2.41 bits per heavy atom. The van der Waals surface area contributed by atoms with Crippen molar-refractivity contribution in [1.29, 1.82) is 0 Å². The third kappa shape index (κ3) is 3.80. The molecule has 0 radical (unpaired) electrons. The third-order valence-electron chi connectivity index (χ3n) is 6.11. The summed E-state index contributed by atoms with van der Waals surface area (Å²) < 4.78 is 27.7. The highest BCUT2D eigenvalue weighted by Crippen LogP contribution is 2.24. The second-order valence-electron chi connectivity index (χ2n) is 7.95. The Hall–Kier alpha value is -2.78. The summed E-state index contributed by atoms with van der Waals surface area (Å²) in [5.41, 5.74) is 2.56. The van der Waals surface area contributed by atoms with E-state index >= 15 is 0 Å². The first-order valence-electron chi connectivity index (χ1n) is 10.6. The zero-order valence-corrected chi connectivity index (χ0v) is 19.0. The predicted molar refractivity (Wildman–Crippen MR) is 126 cm³/mol.